The standard InChI is InChI=1S/C14H19Cl2N/c1-2-11-5-4-8-17(10-11)14-7-3-6-13(16)12(14)9-15/h3,6-7,11H,2,4-5,8-10H2,1H3. The molecule has 1 aromatic rings. The Labute approximate surface area is 114 Å². The first-order valence-electron chi connectivity index (χ1n) is 6.34. The minimum atomic E-state index is 0.488. The lowest BCUT2D eigenvalue weighted by Gasteiger charge is -2.35. The molecule has 0 amide bonds. The molecular formula is C14H19Cl2N. The van der Waals surface area contributed by atoms with Gasteiger partial charge in [-0.05, 0) is 30.9 Å². The number of halogens is 2. The molecule has 1 atom stereocenters. The van der Waals surface area contributed by atoms with E-state index in [4.69, 9.17) is 23.2 Å². The first-order valence-corrected chi connectivity index (χ1v) is 7.25. The van der Waals surface area contributed by atoms with E-state index in [1.54, 1.807) is 0 Å². The molecule has 0 aliphatic carbocycles. The number of alkyl halides is 1. The number of hydrogen-bond acceptors (Lipinski definition) is 1. The van der Waals surface area contributed by atoms with Crippen LogP contribution in [-0.2, 0) is 5.88 Å². The summed E-state index contributed by atoms with van der Waals surface area (Å²) in [6.45, 7) is 4.54. The minimum Gasteiger partial charge on any atom is -0.371 e. The fourth-order valence-corrected chi connectivity index (χ4v) is 3.18. The predicted octanol–water partition coefficient (Wildman–Crippen LogP) is 4.71. The smallest absolute Gasteiger partial charge is 0.0509 e. The van der Waals surface area contributed by atoms with E-state index in [1.165, 1.54) is 24.9 Å². The molecule has 0 aromatic heterocycles. The Bertz CT molecular complexity index is 378. The van der Waals surface area contributed by atoms with Crippen molar-refractivity contribution in [1.29, 1.82) is 0 Å². The maximum Gasteiger partial charge on any atom is 0.0509 e. The van der Waals surface area contributed by atoms with E-state index < -0.39 is 0 Å². The first-order chi connectivity index (χ1) is 8.26. The van der Waals surface area contributed by atoms with Gasteiger partial charge in [-0.1, -0.05) is 31.0 Å². The van der Waals surface area contributed by atoms with Gasteiger partial charge in [-0.2, -0.15) is 0 Å². The van der Waals surface area contributed by atoms with E-state index in [9.17, 15) is 0 Å². The van der Waals surface area contributed by atoms with Crippen molar-refractivity contribution in [3.05, 3.63) is 28.8 Å². The largest absolute Gasteiger partial charge is 0.371 e. The molecule has 0 radical (unpaired) electrons. The molecular weight excluding hydrogens is 253 g/mol. The van der Waals surface area contributed by atoms with E-state index in [0.717, 1.165) is 29.6 Å². The number of piperidine rings is 1. The Morgan fingerprint density at radius 2 is 2.24 bits per heavy atom. The lowest BCUT2D eigenvalue weighted by molar-refractivity contribution is 0.404. The highest BCUT2D eigenvalue weighted by Crippen LogP contribution is 2.32. The van der Waals surface area contributed by atoms with Crippen LogP contribution in [0.1, 0.15) is 31.7 Å². The monoisotopic (exact) mass is 271 g/mol. The minimum absolute atomic E-state index is 0.488. The molecule has 1 heterocycles. The fourth-order valence-electron chi connectivity index (χ4n) is 2.59. The molecule has 17 heavy (non-hydrogen) atoms. The highest BCUT2D eigenvalue weighted by Gasteiger charge is 2.21. The van der Waals surface area contributed by atoms with Crippen LogP contribution >= 0.6 is 23.2 Å². The van der Waals surface area contributed by atoms with Crippen LogP contribution in [0.4, 0.5) is 5.69 Å². The average Bonchev–Trinajstić information content (AvgIpc) is 2.38. The van der Waals surface area contributed by atoms with Gasteiger partial charge in [-0.25, -0.2) is 0 Å². The SMILES string of the molecule is CCC1CCCN(c2cccc(Cl)c2CCl)C1. The quantitative estimate of drug-likeness (QED) is 0.720. The second-order valence-electron chi connectivity index (χ2n) is 4.73. The van der Waals surface area contributed by atoms with Crippen molar-refractivity contribution in [3.8, 4) is 0 Å². The van der Waals surface area contributed by atoms with Crippen LogP contribution in [0.5, 0.6) is 0 Å². The average molecular weight is 272 g/mol. The van der Waals surface area contributed by atoms with Gasteiger partial charge in [0.05, 0.1) is 5.88 Å². The molecule has 0 saturated carbocycles. The van der Waals surface area contributed by atoms with Crippen LogP contribution < -0.4 is 4.90 Å². The Kier molecular flexibility index (Phi) is 4.58. The zero-order valence-electron chi connectivity index (χ0n) is 10.3. The summed E-state index contributed by atoms with van der Waals surface area (Å²) in [4.78, 5) is 2.45. The lowest BCUT2D eigenvalue weighted by atomic mass is 9.95. The summed E-state index contributed by atoms with van der Waals surface area (Å²) >= 11 is 12.2. The first kappa shape index (κ1) is 13.0. The molecule has 1 saturated heterocycles. The van der Waals surface area contributed by atoms with Gasteiger partial charge in [0.15, 0.2) is 0 Å². The maximum atomic E-state index is 6.21. The van der Waals surface area contributed by atoms with Gasteiger partial charge < -0.3 is 4.90 Å². The van der Waals surface area contributed by atoms with Crippen molar-refractivity contribution in [2.75, 3.05) is 18.0 Å². The number of benzene rings is 1. The summed E-state index contributed by atoms with van der Waals surface area (Å²) in [5.74, 6) is 1.30. The molecule has 1 nitrogen and oxygen atoms in total. The van der Waals surface area contributed by atoms with Crippen LogP contribution in [-0.4, -0.2) is 13.1 Å². The number of hydrogen-bond donors (Lipinski definition) is 0. The molecule has 1 aliphatic heterocycles. The van der Waals surface area contributed by atoms with E-state index >= 15 is 0 Å². The van der Waals surface area contributed by atoms with Gasteiger partial charge in [-0.15, -0.1) is 11.6 Å². The van der Waals surface area contributed by atoms with Gasteiger partial charge in [0, 0.05) is 29.4 Å². The van der Waals surface area contributed by atoms with Crippen LogP contribution in [0.2, 0.25) is 5.02 Å². The van der Waals surface area contributed by atoms with Crippen molar-refractivity contribution in [1.82, 2.24) is 0 Å². The third-order valence-electron chi connectivity index (χ3n) is 3.66. The second-order valence-corrected chi connectivity index (χ2v) is 5.41. The van der Waals surface area contributed by atoms with Crippen molar-refractivity contribution in [2.45, 2.75) is 32.1 Å². The molecule has 1 aliphatic rings. The molecule has 0 spiro atoms. The van der Waals surface area contributed by atoms with Crippen molar-refractivity contribution in [2.24, 2.45) is 5.92 Å². The molecule has 0 N–H and O–H groups in total. The summed E-state index contributed by atoms with van der Waals surface area (Å²) in [5, 5.41) is 0.788. The zero-order valence-corrected chi connectivity index (χ0v) is 11.8. The summed E-state index contributed by atoms with van der Waals surface area (Å²) in [6.07, 6.45) is 3.88. The summed E-state index contributed by atoms with van der Waals surface area (Å²) in [6, 6.07) is 6.08. The van der Waals surface area contributed by atoms with Crippen LogP contribution in [0.3, 0.4) is 0 Å². The highest BCUT2D eigenvalue weighted by molar-refractivity contribution is 6.32. The number of anilines is 1. The van der Waals surface area contributed by atoms with Gasteiger partial charge in [0.2, 0.25) is 0 Å². The Morgan fingerprint density at radius 1 is 1.41 bits per heavy atom. The third-order valence-corrected chi connectivity index (χ3v) is 4.29. The molecule has 3 heteroatoms. The third kappa shape index (κ3) is 2.89. The number of nitrogens with zero attached hydrogens (tertiary/aromatic N) is 1. The topological polar surface area (TPSA) is 3.24 Å². The zero-order chi connectivity index (χ0) is 12.3. The van der Waals surface area contributed by atoms with Crippen molar-refractivity contribution >= 4 is 28.9 Å². The molecule has 1 aromatic carbocycles. The van der Waals surface area contributed by atoms with E-state index in [-0.39, 0.29) is 0 Å². The maximum absolute atomic E-state index is 6.21. The van der Waals surface area contributed by atoms with Crippen LogP contribution in [0.25, 0.3) is 0 Å². The molecule has 1 unspecified atom stereocenters. The molecule has 0 bridgehead atoms. The van der Waals surface area contributed by atoms with Crippen molar-refractivity contribution in [3.63, 3.8) is 0 Å². The molecule has 1 fully saturated rings. The number of rotatable bonds is 3. The second kappa shape index (κ2) is 5.97. The van der Waals surface area contributed by atoms with E-state index in [2.05, 4.69) is 17.9 Å². The van der Waals surface area contributed by atoms with Crippen molar-refractivity contribution < 1.29 is 0 Å². The summed E-state index contributed by atoms with van der Waals surface area (Å²) in [7, 11) is 0. The van der Waals surface area contributed by atoms with E-state index in [1.807, 2.05) is 12.1 Å². The highest BCUT2D eigenvalue weighted by atomic mass is 35.5. The van der Waals surface area contributed by atoms with Crippen LogP contribution in [0, 0.1) is 5.92 Å². The van der Waals surface area contributed by atoms with Gasteiger partial charge in [-0.3, -0.25) is 0 Å². The van der Waals surface area contributed by atoms with Crippen LogP contribution in [0.15, 0.2) is 18.2 Å². The summed E-state index contributed by atoms with van der Waals surface area (Å²) in [5.41, 5.74) is 2.30. The Hall–Kier alpha value is -0.400. The Balaban J connectivity index is 2.24. The fraction of sp³-hybridized carbons (Fsp3) is 0.571. The van der Waals surface area contributed by atoms with Gasteiger partial charge >= 0.3 is 0 Å². The lowest BCUT2D eigenvalue weighted by Crippen LogP contribution is -2.35. The van der Waals surface area contributed by atoms with E-state index in [0.29, 0.717) is 5.88 Å². The normalized spacial score (nSPS) is 20.6. The summed E-state index contributed by atoms with van der Waals surface area (Å²) < 4.78 is 0. The van der Waals surface area contributed by atoms with Gasteiger partial charge in [0.25, 0.3) is 0 Å². The van der Waals surface area contributed by atoms with Gasteiger partial charge in [0.1, 0.15) is 0 Å². The Morgan fingerprint density at radius 3 is 2.94 bits per heavy atom. The predicted molar refractivity (Wildman–Crippen MR) is 76.2 cm³/mol. The molecule has 94 valence electrons. The molecule has 2 rings (SSSR count).